The number of carbonyl (C=O) groups excluding carboxylic acids is 3. The molecular weight excluding hydrogens is 344 g/mol. The number of hydrogen-bond donors (Lipinski definition) is 2. The Kier molecular flexibility index (Phi) is 4.78. The summed E-state index contributed by atoms with van der Waals surface area (Å²) in [5.74, 6) is -1.21. The number of pyridine rings is 1. The lowest BCUT2D eigenvalue weighted by Gasteiger charge is -2.18. The number of anilines is 1. The molecule has 0 unspecified atom stereocenters. The molecule has 25 heavy (non-hydrogen) atoms. The van der Waals surface area contributed by atoms with Crippen LogP contribution in [0.1, 0.15) is 22.3 Å². The molecule has 7 nitrogen and oxygen atoms in total. The minimum atomic E-state index is -0.830. The number of benzene rings is 1. The van der Waals surface area contributed by atoms with Gasteiger partial charge in [-0.3, -0.25) is 24.8 Å². The SMILES string of the molecule is Cc1cc(Cl)ccc1N1C(=O)C[C@H](NNC(=O)c2cccnc2)C1=O. The maximum Gasteiger partial charge on any atom is 0.266 e. The molecule has 1 aliphatic heterocycles. The number of aryl methyl sites for hydroxylation is 1. The van der Waals surface area contributed by atoms with Crippen LogP contribution in [0.2, 0.25) is 5.02 Å². The summed E-state index contributed by atoms with van der Waals surface area (Å²) in [5, 5.41) is 0.527. The van der Waals surface area contributed by atoms with Crippen molar-refractivity contribution in [2.45, 2.75) is 19.4 Å². The highest BCUT2D eigenvalue weighted by molar-refractivity contribution is 6.31. The van der Waals surface area contributed by atoms with Crippen LogP contribution in [0.15, 0.2) is 42.7 Å². The molecule has 128 valence electrons. The quantitative estimate of drug-likeness (QED) is 0.640. The average molecular weight is 359 g/mol. The maximum atomic E-state index is 12.5. The minimum Gasteiger partial charge on any atom is -0.287 e. The van der Waals surface area contributed by atoms with Crippen molar-refractivity contribution in [1.82, 2.24) is 15.8 Å². The van der Waals surface area contributed by atoms with E-state index < -0.39 is 17.9 Å². The molecule has 1 fully saturated rings. The fourth-order valence-electron chi connectivity index (χ4n) is 2.59. The first-order chi connectivity index (χ1) is 12.0. The van der Waals surface area contributed by atoms with E-state index in [0.717, 1.165) is 4.90 Å². The van der Waals surface area contributed by atoms with Gasteiger partial charge in [-0.1, -0.05) is 11.6 Å². The number of imide groups is 1. The van der Waals surface area contributed by atoms with Crippen LogP contribution in [0.25, 0.3) is 0 Å². The second-order valence-corrected chi connectivity index (χ2v) is 6.03. The van der Waals surface area contributed by atoms with Gasteiger partial charge in [-0.05, 0) is 42.8 Å². The Balaban J connectivity index is 1.70. The molecule has 1 atom stereocenters. The van der Waals surface area contributed by atoms with E-state index in [-0.39, 0.29) is 12.3 Å². The molecule has 1 saturated heterocycles. The standard InChI is InChI=1S/C17H15ClN4O3/c1-10-7-12(18)4-5-14(10)22-15(23)8-13(17(22)25)20-21-16(24)11-3-2-6-19-9-11/h2-7,9,13,20H,8H2,1H3,(H,21,24)/t13-/m0/s1. The van der Waals surface area contributed by atoms with E-state index in [4.69, 9.17) is 11.6 Å². The van der Waals surface area contributed by atoms with Gasteiger partial charge in [0.15, 0.2) is 0 Å². The third-order valence-electron chi connectivity index (χ3n) is 3.83. The molecule has 0 bridgehead atoms. The molecule has 2 heterocycles. The summed E-state index contributed by atoms with van der Waals surface area (Å²) in [7, 11) is 0. The second-order valence-electron chi connectivity index (χ2n) is 5.60. The van der Waals surface area contributed by atoms with Crippen molar-refractivity contribution in [2.75, 3.05) is 4.90 Å². The van der Waals surface area contributed by atoms with Crippen molar-refractivity contribution in [3.05, 3.63) is 58.9 Å². The van der Waals surface area contributed by atoms with Gasteiger partial charge in [0.2, 0.25) is 5.91 Å². The fourth-order valence-corrected chi connectivity index (χ4v) is 2.82. The molecule has 3 amide bonds. The van der Waals surface area contributed by atoms with Crippen LogP contribution in [0.4, 0.5) is 5.69 Å². The zero-order valence-corrected chi connectivity index (χ0v) is 14.1. The summed E-state index contributed by atoms with van der Waals surface area (Å²) in [6, 6.07) is 7.32. The fraction of sp³-hybridized carbons (Fsp3) is 0.176. The number of hydrogen-bond acceptors (Lipinski definition) is 5. The van der Waals surface area contributed by atoms with E-state index in [1.165, 1.54) is 6.20 Å². The molecule has 3 rings (SSSR count). The van der Waals surface area contributed by atoms with Crippen molar-refractivity contribution in [1.29, 1.82) is 0 Å². The van der Waals surface area contributed by atoms with Gasteiger partial charge in [-0.2, -0.15) is 0 Å². The van der Waals surface area contributed by atoms with Crippen molar-refractivity contribution in [2.24, 2.45) is 0 Å². The van der Waals surface area contributed by atoms with E-state index in [9.17, 15) is 14.4 Å². The highest BCUT2D eigenvalue weighted by atomic mass is 35.5. The zero-order chi connectivity index (χ0) is 18.0. The summed E-state index contributed by atoms with van der Waals surface area (Å²) in [6.07, 6.45) is 2.91. The van der Waals surface area contributed by atoms with E-state index in [1.807, 2.05) is 0 Å². The molecule has 0 spiro atoms. The van der Waals surface area contributed by atoms with Gasteiger partial charge in [-0.25, -0.2) is 10.3 Å². The maximum absolute atomic E-state index is 12.5. The molecule has 0 saturated carbocycles. The predicted octanol–water partition coefficient (Wildman–Crippen LogP) is 1.61. The number of nitrogens with one attached hydrogen (secondary N) is 2. The molecule has 1 aromatic carbocycles. The van der Waals surface area contributed by atoms with Crippen molar-refractivity contribution < 1.29 is 14.4 Å². The topological polar surface area (TPSA) is 91.4 Å². The molecule has 0 radical (unpaired) electrons. The van der Waals surface area contributed by atoms with Crippen molar-refractivity contribution in [3.8, 4) is 0 Å². The van der Waals surface area contributed by atoms with E-state index in [1.54, 1.807) is 43.5 Å². The Morgan fingerprint density at radius 2 is 2.12 bits per heavy atom. The normalized spacial score (nSPS) is 17.0. The molecule has 8 heteroatoms. The summed E-state index contributed by atoms with van der Waals surface area (Å²) in [5.41, 5.74) is 6.61. The van der Waals surface area contributed by atoms with Crippen molar-refractivity contribution in [3.63, 3.8) is 0 Å². The molecular formula is C17H15ClN4O3. The number of carbonyl (C=O) groups is 3. The summed E-state index contributed by atoms with van der Waals surface area (Å²) in [6.45, 7) is 1.77. The van der Waals surface area contributed by atoms with Gasteiger partial charge in [0.1, 0.15) is 6.04 Å². The number of amides is 3. The average Bonchev–Trinajstić information content (AvgIpc) is 2.88. The summed E-state index contributed by atoms with van der Waals surface area (Å²) < 4.78 is 0. The van der Waals surface area contributed by atoms with E-state index in [2.05, 4.69) is 15.8 Å². The third-order valence-corrected chi connectivity index (χ3v) is 4.07. The van der Waals surface area contributed by atoms with Gasteiger partial charge in [-0.15, -0.1) is 0 Å². The lowest BCUT2D eigenvalue weighted by molar-refractivity contribution is -0.121. The van der Waals surface area contributed by atoms with Crippen LogP contribution < -0.4 is 15.8 Å². The Labute approximate surface area is 149 Å². The zero-order valence-electron chi connectivity index (χ0n) is 13.3. The highest BCUT2D eigenvalue weighted by Gasteiger charge is 2.40. The van der Waals surface area contributed by atoms with Crippen LogP contribution in [0.3, 0.4) is 0 Å². The van der Waals surface area contributed by atoms with Gasteiger partial charge in [0.25, 0.3) is 11.8 Å². The van der Waals surface area contributed by atoms with E-state index in [0.29, 0.717) is 21.8 Å². The van der Waals surface area contributed by atoms with Gasteiger partial charge >= 0.3 is 0 Å². The number of aromatic nitrogens is 1. The van der Waals surface area contributed by atoms with Crippen LogP contribution in [-0.2, 0) is 9.59 Å². The molecule has 1 aliphatic rings. The largest absolute Gasteiger partial charge is 0.287 e. The number of halogens is 1. The Bertz CT molecular complexity index is 841. The van der Waals surface area contributed by atoms with Gasteiger partial charge < -0.3 is 0 Å². The lowest BCUT2D eigenvalue weighted by Crippen LogP contribution is -2.48. The van der Waals surface area contributed by atoms with Crippen LogP contribution in [0.5, 0.6) is 0 Å². The number of nitrogens with zero attached hydrogens (tertiary/aromatic N) is 2. The second kappa shape index (κ2) is 7.00. The van der Waals surface area contributed by atoms with Gasteiger partial charge in [0, 0.05) is 17.4 Å². The Morgan fingerprint density at radius 3 is 2.80 bits per heavy atom. The number of hydrazine groups is 1. The first kappa shape index (κ1) is 17.1. The van der Waals surface area contributed by atoms with Gasteiger partial charge in [0.05, 0.1) is 17.7 Å². The first-order valence-electron chi connectivity index (χ1n) is 7.56. The third kappa shape index (κ3) is 3.52. The number of rotatable bonds is 4. The Hall–Kier alpha value is -2.77. The highest BCUT2D eigenvalue weighted by Crippen LogP contribution is 2.28. The Morgan fingerprint density at radius 1 is 1.32 bits per heavy atom. The summed E-state index contributed by atoms with van der Waals surface area (Å²) >= 11 is 5.91. The summed E-state index contributed by atoms with van der Waals surface area (Å²) in [4.78, 5) is 41.8. The molecule has 2 aromatic rings. The van der Waals surface area contributed by atoms with Crippen molar-refractivity contribution >= 4 is 35.0 Å². The minimum absolute atomic E-state index is 0.0474. The first-order valence-corrected chi connectivity index (χ1v) is 7.94. The van der Waals surface area contributed by atoms with E-state index >= 15 is 0 Å². The predicted molar refractivity (Wildman–Crippen MR) is 91.9 cm³/mol. The molecule has 1 aromatic heterocycles. The van der Waals surface area contributed by atoms with Crippen LogP contribution >= 0.6 is 11.6 Å². The monoisotopic (exact) mass is 358 g/mol. The smallest absolute Gasteiger partial charge is 0.266 e. The molecule has 2 N–H and O–H groups in total. The lowest BCUT2D eigenvalue weighted by atomic mass is 10.2. The molecule has 0 aliphatic carbocycles. The van der Waals surface area contributed by atoms with Crippen LogP contribution in [0, 0.1) is 6.92 Å². The van der Waals surface area contributed by atoms with Crippen LogP contribution in [-0.4, -0.2) is 28.7 Å².